The van der Waals surface area contributed by atoms with Crippen LogP contribution in [0.2, 0.25) is 0 Å². The van der Waals surface area contributed by atoms with E-state index in [2.05, 4.69) is 0 Å². The van der Waals surface area contributed by atoms with Gasteiger partial charge in [-0.15, -0.1) is 0 Å². The lowest BCUT2D eigenvalue weighted by Crippen LogP contribution is -1.92. The maximum atomic E-state index is 9.90. The zero-order chi connectivity index (χ0) is 7.82. The lowest BCUT2D eigenvalue weighted by Gasteiger charge is -1.93. The summed E-state index contributed by atoms with van der Waals surface area (Å²) in [5.74, 6) is -0.906. The van der Waals surface area contributed by atoms with Gasteiger partial charge in [-0.1, -0.05) is 6.08 Å². The molecule has 58 valence electrons. The van der Waals surface area contributed by atoms with Crippen molar-refractivity contribution in [3.05, 3.63) is 12.2 Å². The van der Waals surface area contributed by atoms with Gasteiger partial charge >= 0.3 is 5.97 Å². The van der Waals surface area contributed by atoms with E-state index in [0.29, 0.717) is 19.6 Å². The van der Waals surface area contributed by atoms with Gasteiger partial charge in [0.2, 0.25) is 0 Å². The molecule has 0 aromatic rings. The Kier molecular flexibility index (Phi) is 5.77. The lowest BCUT2D eigenvalue weighted by atomic mass is 10.4. The summed E-state index contributed by atoms with van der Waals surface area (Å²) in [5, 5.41) is 8.14. The van der Waals surface area contributed by atoms with Crippen molar-refractivity contribution >= 4 is 5.97 Å². The van der Waals surface area contributed by atoms with Crippen molar-refractivity contribution in [1.82, 2.24) is 0 Å². The third kappa shape index (κ3) is 7.17. The number of carboxylic acids is 1. The van der Waals surface area contributed by atoms with Gasteiger partial charge < -0.3 is 9.84 Å². The van der Waals surface area contributed by atoms with Crippen LogP contribution >= 0.6 is 0 Å². The van der Waals surface area contributed by atoms with Crippen molar-refractivity contribution in [2.45, 2.75) is 13.3 Å². The van der Waals surface area contributed by atoms with E-state index in [1.165, 1.54) is 0 Å². The molecular formula is C7H12O3. The van der Waals surface area contributed by atoms with E-state index in [1.807, 2.05) is 6.92 Å². The number of ether oxygens (including phenoxy) is 1. The summed E-state index contributed by atoms with van der Waals surface area (Å²) in [7, 11) is 0. The largest absolute Gasteiger partial charge is 0.478 e. The van der Waals surface area contributed by atoms with Crippen molar-refractivity contribution in [3.8, 4) is 0 Å². The minimum absolute atomic E-state index is 0.597. The Hall–Kier alpha value is -0.830. The second-order valence-electron chi connectivity index (χ2n) is 1.73. The number of carboxylic acid groups (broad SMARTS) is 1. The molecule has 0 heterocycles. The third-order valence-electron chi connectivity index (χ3n) is 0.893. The molecule has 0 fully saturated rings. The summed E-state index contributed by atoms with van der Waals surface area (Å²) in [6.07, 6.45) is 3.37. The number of hydrogen-bond acceptors (Lipinski definition) is 2. The predicted molar refractivity (Wildman–Crippen MR) is 37.9 cm³/mol. The molecule has 0 bridgehead atoms. The molecule has 0 aliphatic rings. The Morgan fingerprint density at radius 3 is 2.90 bits per heavy atom. The van der Waals surface area contributed by atoms with Crippen LogP contribution in [-0.4, -0.2) is 24.3 Å². The minimum Gasteiger partial charge on any atom is -0.478 e. The highest BCUT2D eigenvalue weighted by molar-refractivity contribution is 5.79. The summed E-state index contributed by atoms with van der Waals surface area (Å²) in [5.41, 5.74) is 0. The predicted octanol–water partition coefficient (Wildman–Crippen LogP) is 1.05. The summed E-state index contributed by atoms with van der Waals surface area (Å²) in [4.78, 5) is 9.90. The standard InChI is InChI=1S/C7H12O3/c1-2-10-6-4-3-5-7(8)9/h3,5H,2,4,6H2,1H3,(H,8,9)/b5-3+. The van der Waals surface area contributed by atoms with Gasteiger partial charge in [0.05, 0.1) is 6.61 Å². The number of hydrogen-bond donors (Lipinski definition) is 1. The van der Waals surface area contributed by atoms with Crippen LogP contribution in [-0.2, 0) is 9.53 Å². The lowest BCUT2D eigenvalue weighted by molar-refractivity contribution is -0.131. The van der Waals surface area contributed by atoms with Crippen molar-refractivity contribution < 1.29 is 14.6 Å². The van der Waals surface area contributed by atoms with E-state index >= 15 is 0 Å². The highest BCUT2D eigenvalue weighted by Crippen LogP contribution is 1.84. The monoisotopic (exact) mass is 144 g/mol. The molecule has 0 rings (SSSR count). The molecule has 3 nitrogen and oxygen atoms in total. The highest BCUT2D eigenvalue weighted by Gasteiger charge is 1.84. The van der Waals surface area contributed by atoms with Gasteiger partial charge in [0, 0.05) is 12.7 Å². The molecule has 10 heavy (non-hydrogen) atoms. The van der Waals surface area contributed by atoms with Crippen LogP contribution in [0.25, 0.3) is 0 Å². The van der Waals surface area contributed by atoms with Crippen LogP contribution in [0.5, 0.6) is 0 Å². The molecule has 0 saturated heterocycles. The van der Waals surface area contributed by atoms with E-state index in [1.54, 1.807) is 6.08 Å². The first-order chi connectivity index (χ1) is 4.77. The smallest absolute Gasteiger partial charge is 0.327 e. The molecule has 0 atom stereocenters. The van der Waals surface area contributed by atoms with Gasteiger partial charge in [-0.3, -0.25) is 0 Å². The molecule has 0 aliphatic heterocycles. The summed E-state index contributed by atoms with van der Waals surface area (Å²) < 4.78 is 4.97. The Bertz CT molecular complexity index is 118. The van der Waals surface area contributed by atoms with Crippen molar-refractivity contribution in [2.24, 2.45) is 0 Å². The average Bonchev–Trinajstić information content (AvgIpc) is 1.87. The van der Waals surface area contributed by atoms with Gasteiger partial charge in [-0.05, 0) is 13.3 Å². The Morgan fingerprint density at radius 2 is 2.40 bits per heavy atom. The van der Waals surface area contributed by atoms with Crippen LogP contribution in [0.1, 0.15) is 13.3 Å². The molecule has 0 radical (unpaired) electrons. The fourth-order valence-electron chi connectivity index (χ4n) is 0.480. The first-order valence-corrected chi connectivity index (χ1v) is 3.24. The van der Waals surface area contributed by atoms with Crippen LogP contribution in [0.4, 0.5) is 0 Å². The summed E-state index contributed by atoms with van der Waals surface area (Å²) in [6.45, 7) is 3.18. The summed E-state index contributed by atoms with van der Waals surface area (Å²) in [6, 6.07) is 0. The normalized spacial score (nSPS) is 10.5. The van der Waals surface area contributed by atoms with E-state index < -0.39 is 5.97 Å². The van der Waals surface area contributed by atoms with Crippen LogP contribution in [0.15, 0.2) is 12.2 Å². The van der Waals surface area contributed by atoms with Crippen molar-refractivity contribution in [3.63, 3.8) is 0 Å². The molecule has 0 aliphatic carbocycles. The molecular weight excluding hydrogens is 132 g/mol. The van der Waals surface area contributed by atoms with E-state index in [0.717, 1.165) is 6.08 Å². The molecule has 0 aromatic heterocycles. The van der Waals surface area contributed by atoms with Crippen molar-refractivity contribution in [2.75, 3.05) is 13.2 Å². The third-order valence-corrected chi connectivity index (χ3v) is 0.893. The number of carbonyl (C=O) groups is 1. The van der Waals surface area contributed by atoms with Crippen molar-refractivity contribution in [1.29, 1.82) is 0 Å². The second kappa shape index (κ2) is 6.29. The molecule has 0 spiro atoms. The van der Waals surface area contributed by atoms with Crippen LogP contribution < -0.4 is 0 Å². The van der Waals surface area contributed by atoms with Gasteiger partial charge in [-0.2, -0.15) is 0 Å². The first-order valence-electron chi connectivity index (χ1n) is 3.24. The fourth-order valence-corrected chi connectivity index (χ4v) is 0.480. The maximum Gasteiger partial charge on any atom is 0.327 e. The Balaban J connectivity index is 3.10. The second-order valence-corrected chi connectivity index (χ2v) is 1.73. The molecule has 0 unspecified atom stereocenters. The number of aliphatic carboxylic acids is 1. The zero-order valence-corrected chi connectivity index (χ0v) is 6.04. The summed E-state index contributed by atoms with van der Waals surface area (Å²) >= 11 is 0. The topological polar surface area (TPSA) is 46.5 Å². The average molecular weight is 144 g/mol. The Labute approximate surface area is 60.3 Å². The SMILES string of the molecule is CCOCC/C=C/C(=O)O. The Morgan fingerprint density at radius 1 is 1.70 bits per heavy atom. The maximum absolute atomic E-state index is 9.90. The van der Waals surface area contributed by atoms with Crippen LogP contribution in [0.3, 0.4) is 0 Å². The minimum atomic E-state index is -0.906. The molecule has 0 amide bonds. The fraction of sp³-hybridized carbons (Fsp3) is 0.571. The van der Waals surface area contributed by atoms with Crippen LogP contribution in [0, 0.1) is 0 Å². The van der Waals surface area contributed by atoms with E-state index in [9.17, 15) is 4.79 Å². The molecule has 0 aromatic carbocycles. The quantitative estimate of drug-likeness (QED) is 0.463. The van der Waals surface area contributed by atoms with Gasteiger partial charge in [-0.25, -0.2) is 4.79 Å². The van der Waals surface area contributed by atoms with Gasteiger partial charge in [0.1, 0.15) is 0 Å². The number of rotatable bonds is 5. The highest BCUT2D eigenvalue weighted by atomic mass is 16.5. The molecule has 0 saturated carbocycles. The first kappa shape index (κ1) is 9.17. The zero-order valence-electron chi connectivity index (χ0n) is 6.04. The van der Waals surface area contributed by atoms with E-state index in [-0.39, 0.29) is 0 Å². The van der Waals surface area contributed by atoms with Gasteiger partial charge in [0.15, 0.2) is 0 Å². The molecule has 1 N–H and O–H groups in total. The van der Waals surface area contributed by atoms with Gasteiger partial charge in [0.25, 0.3) is 0 Å². The van der Waals surface area contributed by atoms with E-state index in [4.69, 9.17) is 9.84 Å². The molecule has 3 heteroatoms.